The number of piperidine rings is 1. The van der Waals surface area contributed by atoms with Gasteiger partial charge in [-0.05, 0) is 41.7 Å². The third kappa shape index (κ3) is 2.49. The van der Waals surface area contributed by atoms with Crippen molar-refractivity contribution in [2.24, 2.45) is 11.8 Å². The highest BCUT2D eigenvalue weighted by molar-refractivity contribution is 7.89. The van der Waals surface area contributed by atoms with Crippen molar-refractivity contribution >= 4 is 21.1 Å². The third-order valence-electron chi connectivity index (χ3n) is 3.87. The number of benzene rings is 1. The molecule has 1 aliphatic rings. The number of rotatable bonds is 2. The zero-order chi connectivity index (χ0) is 15.2. The number of hydrogen-bond acceptors (Lipinski definition) is 5. The molecule has 114 valence electrons. The summed E-state index contributed by atoms with van der Waals surface area (Å²) in [5, 5.41) is 16.7. The van der Waals surface area contributed by atoms with Gasteiger partial charge in [0.1, 0.15) is 11.0 Å². The lowest BCUT2D eigenvalue weighted by Crippen LogP contribution is -2.42. The Morgan fingerprint density at radius 3 is 2.57 bits per heavy atom. The molecule has 1 saturated heterocycles. The zero-order valence-corrected chi connectivity index (χ0v) is 12.8. The van der Waals surface area contributed by atoms with E-state index in [4.69, 9.17) is 0 Å². The van der Waals surface area contributed by atoms with Crippen molar-refractivity contribution in [1.29, 1.82) is 0 Å². The minimum atomic E-state index is -3.56. The van der Waals surface area contributed by atoms with Gasteiger partial charge in [-0.1, -0.05) is 18.7 Å². The van der Waals surface area contributed by atoms with Gasteiger partial charge in [0.15, 0.2) is 0 Å². The van der Waals surface area contributed by atoms with Crippen LogP contribution in [-0.2, 0) is 10.0 Å². The van der Waals surface area contributed by atoms with Crippen LogP contribution < -0.4 is 0 Å². The Bertz CT molecular complexity index is 761. The van der Waals surface area contributed by atoms with Gasteiger partial charge in [0, 0.05) is 13.1 Å². The molecule has 1 fully saturated rings. The highest BCUT2D eigenvalue weighted by Gasteiger charge is 2.32. The van der Waals surface area contributed by atoms with E-state index in [2.05, 4.69) is 24.2 Å². The monoisotopic (exact) mass is 310 g/mol. The van der Waals surface area contributed by atoms with Gasteiger partial charge in [-0.25, -0.2) is 8.42 Å². The van der Waals surface area contributed by atoms with Crippen molar-refractivity contribution in [2.75, 3.05) is 13.1 Å². The molecule has 1 aromatic heterocycles. The molecule has 7 nitrogen and oxygen atoms in total. The highest BCUT2D eigenvalue weighted by atomic mass is 32.2. The highest BCUT2D eigenvalue weighted by Crippen LogP contribution is 2.27. The maximum absolute atomic E-state index is 12.7. The van der Waals surface area contributed by atoms with Crippen molar-refractivity contribution < 1.29 is 13.6 Å². The maximum atomic E-state index is 12.7. The minimum absolute atomic E-state index is 0.161. The van der Waals surface area contributed by atoms with Crippen LogP contribution in [0.3, 0.4) is 0 Å². The van der Waals surface area contributed by atoms with E-state index >= 15 is 0 Å². The standard InChI is InChI=1S/C13H18N4O3S/c1-9-5-10(2)8-16(7-9)21(19,20)11-3-4-12-13(6-11)17(18)15-14-12/h3-4,6,9-10,18H,5,7-8H2,1-2H3/t9-,10-/m0/s1. The first-order valence-corrected chi connectivity index (χ1v) is 8.37. The van der Waals surface area contributed by atoms with Crippen molar-refractivity contribution in [3.05, 3.63) is 18.2 Å². The van der Waals surface area contributed by atoms with Gasteiger partial charge in [-0.2, -0.15) is 4.31 Å². The summed E-state index contributed by atoms with van der Waals surface area (Å²) in [4.78, 5) is 0.754. The summed E-state index contributed by atoms with van der Waals surface area (Å²) in [6.45, 7) is 5.19. The molecule has 0 bridgehead atoms. The van der Waals surface area contributed by atoms with E-state index in [9.17, 15) is 13.6 Å². The SMILES string of the molecule is C[C@H]1C[C@H](C)CN(S(=O)(=O)c2ccc3nnn(O)c3c2)C1. The van der Waals surface area contributed by atoms with Crippen LogP contribution in [0.1, 0.15) is 20.3 Å². The number of hydrogen-bond donors (Lipinski definition) is 1. The number of nitrogens with zero attached hydrogens (tertiary/aromatic N) is 4. The van der Waals surface area contributed by atoms with Crippen LogP contribution in [0, 0.1) is 11.8 Å². The zero-order valence-electron chi connectivity index (χ0n) is 12.0. The minimum Gasteiger partial charge on any atom is -0.410 e. The molecule has 0 aliphatic carbocycles. The molecule has 1 aromatic carbocycles. The van der Waals surface area contributed by atoms with E-state index in [0.29, 0.717) is 35.3 Å². The van der Waals surface area contributed by atoms with Crippen LogP contribution in [0.15, 0.2) is 23.1 Å². The quantitative estimate of drug-likeness (QED) is 0.846. The van der Waals surface area contributed by atoms with Crippen molar-refractivity contribution in [3.63, 3.8) is 0 Å². The normalized spacial score (nSPS) is 24.5. The number of aromatic nitrogens is 3. The van der Waals surface area contributed by atoms with E-state index in [1.165, 1.54) is 16.4 Å². The average molecular weight is 310 g/mol. The molecule has 3 rings (SSSR count). The average Bonchev–Trinajstić information content (AvgIpc) is 2.79. The van der Waals surface area contributed by atoms with E-state index in [0.717, 1.165) is 6.42 Å². The first-order valence-electron chi connectivity index (χ1n) is 6.93. The lowest BCUT2D eigenvalue weighted by atomic mass is 9.94. The van der Waals surface area contributed by atoms with E-state index in [1.807, 2.05) is 0 Å². The Hall–Kier alpha value is -1.67. The summed E-state index contributed by atoms with van der Waals surface area (Å²) >= 11 is 0. The first-order chi connectivity index (χ1) is 9.88. The van der Waals surface area contributed by atoms with Gasteiger partial charge in [0.05, 0.1) is 4.90 Å². The molecule has 2 aromatic rings. The number of sulfonamides is 1. The second-order valence-corrected chi connectivity index (χ2v) is 7.84. The van der Waals surface area contributed by atoms with Crippen molar-refractivity contribution in [1.82, 2.24) is 19.5 Å². The summed E-state index contributed by atoms with van der Waals surface area (Å²) in [6.07, 6.45) is 1.04. The van der Waals surface area contributed by atoms with Crippen LogP contribution in [0.5, 0.6) is 0 Å². The molecular formula is C13H18N4O3S. The molecule has 8 heteroatoms. The van der Waals surface area contributed by atoms with Crippen LogP contribution in [0.4, 0.5) is 0 Å². The molecule has 0 saturated carbocycles. The van der Waals surface area contributed by atoms with E-state index in [1.54, 1.807) is 6.07 Å². The van der Waals surface area contributed by atoms with Gasteiger partial charge >= 0.3 is 0 Å². The molecule has 21 heavy (non-hydrogen) atoms. The Labute approximate surface area is 123 Å². The summed E-state index contributed by atoms with van der Waals surface area (Å²) in [7, 11) is -3.56. The molecule has 0 unspecified atom stereocenters. The van der Waals surface area contributed by atoms with Crippen LogP contribution in [0.2, 0.25) is 0 Å². The fourth-order valence-electron chi connectivity index (χ4n) is 3.00. The van der Waals surface area contributed by atoms with Crippen LogP contribution in [-0.4, -0.2) is 46.2 Å². The lowest BCUT2D eigenvalue weighted by Gasteiger charge is -2.34. The Kier molecular flexibility index (Phi) is 3.37. The molecule has 2 atom stereocenters. The van der Waals surface area contributed by atoms with Gasteiger partial charge < -0.3 is 5.21 Å². The van der Waals surface area contributed by atoms with Crippen molar-refractivity contribution in [3.8, 4) is 0 Å². The van der Waals surface area contributed by atoms with Gasteiger partial charge in [-0.15, -0.1) is 5.10 Å². The Balaban J connectivity index is 2.01. The fourth-order valence-corrected chi connectivity index (χ4v) is 4.70. The lowest BCUT2D eigenvalue weighted by molar-refractivity contribution is 0.154. The van der Waals surface area contributed by atoms with E-state index in [-0.39, 0.29) is 10.4 Å². The molecule has 2 heterocycles. The van der Waals surface area contributed by atoms with Crippen molar-refractivity contribution in [2.45, 2.75) is 25.2 Å². The van der Waals surface area contributed by atoms with Crippen LogP contribution in [0.25, 0.3) is 11.0 Å². The Morgan fingerprint density at radius 2 is 1.90 bits per heavy atom. The second kappa shape index (κ2) is 4.96. The summed E-state index contributed by atoms with van der Waals surface area (Å²) in [5.41, 5.74) is 0.742. The van der Waals surface area contributed by atoms with Crippen LogP contribution >= 0.6 is 0 Å². The van der Waals surface area contributed by atoms with E-state index < -0.39 is 10.0 Å². The molecule has 0 radical (unpaired) electrons. The predicted molar refractivity (Wildman–Crippen MR) is 76.4 cm³/mol. The molecule has 0 spiro atoms. The smallest absolute Gasteiger partial charge is 0.243 e. The van der Waals surface area contributed by atoms with Gasteiger partial charge in [-0.3, -0.25) is 0 Å². The predicted octanol–water partition coefficient (Wildman–Crippen LogP) is 1.34. The first kappa shape index (κ1) is 14.3. The topological polar surface area (TPSA) is 88.3 Å². The molecule has 1 N–H and O–H groups in total. The largest absolute Gasteiger partial charge is 0.410 e. The van der Waals surface area contributed by atoms with Gasteiger partial charge in [0.2, 0.25) is 10.0 Å². The van der Waals surface area contributed by atoms with Gasteiger partial charge in [0.25, 0.3) is 0 Å². The number of fused-ring (bicyclic) bond motifs is 1. The molecular weight excluding hydrogens is 292 g/mol. The summed E-state index contributed by atoms with van der Waals surface area (Å²) in [6, 6.07) is 4.48. The summed E-state index contributed by atoms with van der Waals surface area (Å²) in [5.74, 6) is 0.689. The maximum Gasteiger partial charge on any atom is 0.243 e. The fraction of sp³-hybridized carbons (Fsp3) is 0.538. The second-order valence-electron chi connectivity index (χ2n) is 5.90. The summed E-state index contributed by atoms with van der Waals surface area (Å²) < 4.78 is 27.0. The molecule has 0 amide bonds. The Morgan fingerprint density at radius 1 is 1.24 bits per heavy atom. The third-order valence-corrected chi connectivity index (χ3v) is 5.70. The molecule has 1 aliphatic heterocycles.